The Kier molecular flexibility index (Phi) is 3.13. The van der Waals surface area contributed by atoms with E-state index in [2.05, 4.69) is 4.98 Å². The Morgan fingerprint density at radius 3 is 2.43 bits per heavy atom. The molecule has 3 nitrogen and oxygen atoms in total. The van der Waals surface area contributed by atoms with Crippen LogP contribution >= 0.6 is 0 Å². The number of furan rings is 1. The molecule has 2 aromatic heterocycles. The average Bonchev–Trinajstić information content (AvgIpc) is 2.71. The zero-order chi connectivity index (χ0) is 15.1. The molecule has 0 saturated heterocycles. The van der Waals surface area contributed by atoms with Crippen molar-refractivity contribution in [2.45, 2.75) is 27.7 Å². The Labute approximate surface area is 123 Å². The largest absolute Gasteiger partial charge is 0.466 e. The Balaban J connectivity index is 2.11. The molecule has 0 atom stereocenters. The first kappa shape index (κ1) is 13.6. The number of benzene rings is 1. The van der Waals surface area contributed by atoms with Gasteiger partial charge in [-0.15, -0.1) is 0 Å². The first-order chi connectivity index (χ1) is 9.97. The highest BCUT2D eigenvalue weighted by molar-refractivity contribution is 6.12. The van der Waals surface area contributed by atoms with Crippen molar-refractivity contribution >= 4 is 16.7 Å². The number of pyridine rings is 1. The number of rotatable bonds is 2. The topological polar surface area (TPSA) is 43.1 Å². The van der Waals surface area contributed by atoms with Crippen LogP contribution in [-0.2, 0) is 0 Å². The molecule has 0 spiro atoms. The minimum Gasteiger partial charge on any atom is -0.466 e. The van der Waals surface area contributed by atoms with Crippen LogP contribution in [0.3, 0.4) is 0 Å². The van der Waals surface area contributed by atoms with Crippen LogP contribution in [0, 0.1) is 27.7 Å². The molecule has 106 valence electrons. The number of hydrogen-bond acceptors (Lipinski definition) is 3. The summed E-state index contributed by atoms with van der Waals surface area (Å²) in [4.78, 5) is 17.2. The lowest BCUT2D eigenvalue weighted by Gasteiger charge is -2.04. The Morgan fingerprint density at radius 2 is 1.76 bits per heavy atom. The lowest BCUT2D eigenvalue weighted by molar-refractivity contribution is 0.103. The summed E-state index contributed by atoms with van der Waals surface area (Å²) in [5.74, 6) is 1.48. The molecule has 0 amide bonds. The van der Waals surface area contributed by atoms with Crippen molar-refractivity contribution in [2.24, 2.45) is 0 Å². The van der Waals surface area contributed by atoms with E-state index < -0.39 is 0 Å². The monoisotopic (exact) mass is 279 g/mol. The van der Waals surface area contributed by atoms with Gasteiger partial charge in [-0.2, -0.15) is 0 Å². The van der Waals surface area contributed by atoms with E-state index in [9.17, 15) is 4.79 Å². The van der Waals surface area contributed by atoms with Gasteiger partial charge in [0.2, 0.25) is 0 Å². The van der Waals surface area contributed by atoms with Crippen LogP contribution in [0.5, 0.6) is 0 Å². The molecule has 0 radical (unpaired) electrons. The minimum absolute atomic E-state index is 0.00400. The number of nitrogens with zero attached hydrogens (tertiary/aromatic N) is 1. The smallest absolute Gasteiger partial charge is 0.196 e. The second-order valence-corrected chi connectivity index (χ2v) is 5.40. The second kappa shape index (κ2) is 4.85. The van der Waals surface area contributed by atoms with Gasteiger partial charge in [0.25, 0.3) is 0 Å². The molecule has 21 heavy (non-hydrogen) atoms. The molecule has 0 bridgehead atoms. The highest BCUT2D eigenvalue weighted by Gasteiger charge is 2.20. The summed E-state index contributed by atoms with van der Waals surface area (Å²) in [5.41, 5.74) is 4.13. The number of hydrogen-bond donors (Lipinski definition) is 0. The third-order valence-corrected chi connectivity index (χ3v) is 3.88. The lowest BCUT2D eigenvalue weighted by Crippen LogP contribution is -2.04. The van der Waals surface area contributed by atoms with Gasteiger partial charge >= 0.3 is 0 Å². The van der Waals surface area contributed by atoms with Crippen molar-refractivity contribution in [1.82, 2.24) is 4.98 Å². The van der Waals surface area contributed by atoms with E-state index in [1.165, 1.54) is 0 Å². The van der Waals surface area contributed by atoms with Crippen molar-refractivity contribution < 1.29 is 9.21 Å². The fourth-order valence-electron chi connectivity index (χ4n) is 2.64. The third kappa shape index (κ3) is 2.25. The molecule has 0 unspecified atom stereocenters. The van der Waals surface area contributed by atoms with Gasteiger partial charge in [-0.3, -0.25) is 9.78 Å². The van der Waals surface area contributed by atoms with Crippen LogP contribution in [0.25, 0.3) is 10.9 Å². The Hall–Kier alpha value is -2.42. The molecule has 1 aromatic carbocycles. The van der Waals surface area contributed by atoms with Crippen LogP contribution < -0.4 is 0 Å². The zero-order valence-electron chi connectivity index (χ0n) is 12.7. The third-order valence-electron chi connectivity index (χ3n) is 3.88. The van der Waals surface area contributed by atoms with E-state index in [1.54, 1.807) is 0 Å². The quantitative estimate of drug-likeness (QED) is 0.657. The molecule has 0 fully saturated rings. The number of ketones is 1. The molecule has 0 aliphatic heterocycles. The zero-order valence-corrected chi connectivity index (χ0v) is 12.7. The van der Waals surface area contributed by atoms with Gasteiger partial charge in [0.05, 0.1) is 11.1 Å². The summed E-state index contributed by atoms with van der Waals surface area (Å²) in [5, 5.41) is 0.974. The van der Waals surface area contributed by atoms with E-state index in [0.29, 0.717) is 16.9 Å². The molecule has 0 aliphatic rings. The maximum Gasteiger partial charge on any atom is 0.196 e. The van der Waals surface area contributed by atoms with Gasteiger partial charge in [0.15, 0.2) is 5.78 Å². The molecule has 2 heterocycles. The van der Waals surface area contributed by atoms with Crippen LogP contribution in [0.1, 0.15) is 38.7 Å². The SMILES string of the molecule is Cc1ccc2cc(C(=O)c3c(C)oc(C)c3C)ccc2n1. The molecule has 3 heteroatoms. The van der Waals surface area contributed by atoms with Gasteiger partial charge in [0.1, 0.15) is 11.5 Å². The number of carbonyl (C=O) groups excluding carboxylic acids is 1. The molecular formula is C18H17NO2. The van der Waals surface area contributed by atoms with Crippen LogP contribution in [-0.4, -0.2) is 10.8 Å². The van der Waals surface area contributed by atoms with Crippen molar-refractivity contribution in [3.8, 4) is 0 Å². The van der Waals surface area contributed by atoms with Gasteiger partial charge in [-0.1, -0.05) is 6.07 Å². The molecule has 3 rings (SSSR count). The van der Waals surface area contributed by atoms with Gasteiger partial charge in [-0.05, 0) is 52.0 Å². The van der Waals surface area contributed by atoms with E-state index in [1.807, 2.05) is 58.0 Å². The lowest BCUT2D eigenvalue weighted by atomic mass is 9.98. The first-order valence-electron chi connectivity index (χ1n) is 6.96. The Morgan fingerprint density at radius 1 is 1.00 bits per heavy atom. The predicted molar refractivity (Wildman–Crippen MR) is 82.8 cm³/mol. The summed E-state index contributed by atoms with van der Waals surface area (Å²) in [6.45, 7) is 7.59. The highest BCUT2D eigenvalue weighted by atomic mass is 16.3. The van der Waals surface area contributed by atoms with Crippen LogP contribution in [0.2, 0.25) is 0 Å². The van der Waals surface area contributed by atoms with Crippen molar-refractivity contribution in [3.63, 3.8) is 0 Å². The number of carbonyl (C=O) groups is 1. The highest BCUT2D eigenvalue weighted by Crippen LogP contribution is 2.25. The van der Waals surface area contributed by atoms with Crippen LogP contribution in [0.4, 0.5) is 0 Å². The number of fused-ring (bicyclic) bond motifs is 1. The summed E-state index contributed by atoms with van der Waals surface area (Å²) in [6, 6.07) is 9.57. The average molecular weight is 279 g/mol. The summed E-state index contributed by atoms with van der Waals surface area (Å²) >= 11 is 0. The summed E-state index contributed by atoms with van der Waals surface area (Å²) < 4.78 is 5.56. The van der Waals surface area contributed by atoms with Crippen molar-refractivity contribution in [1.29, 1.82) is 0 Å². The predicted octanol–water partition coefficient (Wildman–Crippen LogP) is 4.29. The standard InChI is InChI=1S/C18H17NO2/c1-10-5-6-14-9-15(7-8-16(14)19-10)18(20)17-11(2)12(3)21-13(17)4/h5-9H,1-4H3. The van der Waals surface area contributed by atoms with Crippen molar-refractivity contribution in [2.75, 3.05) is 0 Å². The van der Waals surface area contributed by atoms with E-state index in [4.69, 9.17) is 4.42 Å². The minimum atomic E-state index is 0.00400. The molecule has 0 N–H and O–H groups in total. The molecule has 3 aromatic rings. The van der Waals surface area contributed by atoms with E-state index >= 15 is 0 Å². The Bertz CT molecular complexity index is 859. The first-order valence-corrected chi connectivity index (χ1v) is 6.96. The fourth-order valence-corrected chi connectivity index (χ4v) is 2.64. The normalized spacial score (nSPS) is 11.0. The van der Waals surface area contributed by atoms with Gasteiger partial charge in [0, 0.05) is 22.2 Å². The number of aromatic nitrogens is 1. The second-order valence-electron chi connectivity index (χ2n) is 5.40. The fraction of sp³-hybridized carbons (Fsp3) is 0.222. The van der Waals surface area contributed by atoms with E-state index in [-0.39, 0.29) is 5.78 Å². The van der Waals surface area contributed by atoms with Crippen LogP contribution in [0.15, 0.2) is 34.7 Å². The molecule has 0 aliphatic carbocycles. The molecule has 0 saturated carbocycles. The molecular weight excluding hydrogens is 262 g/mol. The number of aryl methyl sites for hydroxylation is 3. The maximum absolute atomic E-state index is 12.7. The van der Waals surface area contributed by atoms with Crippen molar-refractivity contribution in [3.05, 3.63) is 64.2 Å². The van der Waals surface area contributed by atoms with E-state index in [0.717, 1.165) is 27.9 Å². The summed E-state index contributed by atoms with van der Waals surface area (Å²) in [6.07, 6.45) is 0. The maximum atomic E-state index is 12.7. The summed E-state index contributed by atoms with van der Waals surface area (Å²) in [7, 11) is 0. The van der Waals surface area contributed by atoms with Gasteiger partial charge in [-0.25, -0.2) is 0 Å². The van der Waals surface area contributed by atoms with Gasteiger partial charge < -0.3 is 4.42 Å².